The average molecular weight is 246 g/mol. The Morgan fingerprint density at radius 1 is 1.69 bits per heavy atom. The fraction of sp³-hybridized carbons (Fsp3) is 0.833. The second-order valence-corrected chi connectivity index (χ2v) is 7.05. The highest BCUT2D eigenvalue weighted by Gasteiger charge is 2.22. The summed E-state index contributed by atoms with van der Waals surface area (Å²) in [7, 11) is 1.30. The van der Waals surface area contributed by atoms with Gasteiger partial charge < -0.3 is 4.52 Å². The van der Waals surface area contributed by atoms with Crippen LogP contribution < -0.4 is 5.09 Å². The Morgan fingerprint density at radius 3 is 2.69 bits per heavy atom. The predicted molar refractivity (Wildman–Crippen MR) is 56.2 cm³/mol. The van der Waals surface area contributed by atoms with Gasteiger partial charge in [0.1, 0.15) is 0 Å². The number of amides is 1. The Morgan fingerprint density at radius 2 is 2.31 bits per heavy atom. The highest BCUT2D eigenvalue weighted by molar-refractivity contribution is 8.55. The van der Waals surface area contributed by atoms with Crippen molar-refractivity contribution in [2.45, 2.75) is 12.8 Å². The molecule has 7 heteroatoms. The third kappa shape index (κ3) is 5.57. The van der Waals surface area contributed by atoms with E-state index >= 15 is 0 Å². The lowest BCUT2D eigenvalue weighted by molar-refractivity contribution is -0.119. The molecule has 1 N–H and O–H groups in total. The number of hydrogen-bond donors (Lipinski definition) is 1. The fourth-order valence-electron chi connectivity index (χ4n) is 0.602. The van der Waals surface area contributed by atoms with Crippen LogP contribution in [0.3, 0.4) is 0 Å². The minimum absolute atomic E-state index is 0.275. The molecule has 0 aromatic heterocycles. The SMILES string of the molecule is COP(=O)(NC(=O)CCCCl)SC. The maximum absolute atomic E-state index is 11.5. The van der Waals surface area contributed by atoms with Crippen LogP contribution in [0.5, 0.6) is 0 Å². The molecule has 1 unspecified atom stereocenters. The van der Waals surface area contributed by atoms with Gasteiger partial charge in [0, 0.05) is 19.4 Å². The number of carbonyl (C=O) groups is 1. The van der Waals surface area contributed by atoms with E-state index in [2.05, 4.69) is 5.09 Å². The van der Waals surface area contributed by atoms with Gasteiger partial charge in [0.05, 0.1) is 0 Å². The standard InChI is InChI=1S/C6H13ClNO3PS/c1-11-12(10,13-2)8-6(9)4-3-5-7/h3-5H2,1-2H3,(H,8,9,10). The van der Waals surface area contributed by atoms with Gasteiger partial charge in [-0.25, -0.2) is 0 Å². The van der Waals surface area contributed by atoms with Crippen LogP contribution in [0.1, 0.15) is 12.8 Å². The molecule has 78 valence electrons. The summed E-state index contributed by atoms with van der Waals surface area (Å²) in [5.74, 6) is 0.129. The van der Waals surface area contributed by atoms with Crippen LogP contribution in [0.15, 0.2) is 0 Å². The van der Waals surface area contributed by atoms with Gasteiger partial charge in [-0.15, -0.1) is 11.6 Å². The molecule has 1 atom stereocenters. The first kappa shape index (κ1) is 13.3. The lowest BCUT2D eigenvalue weighted by atomic mass is 10.3. The second kappa shape index (κ2) is 6.71. The molecule has 0 radical (unpaired) electrons. The van der Waals surface area contributed by atoms with Crippen molar-refractivity contribution >= 4 is 35.6 Å². The van der Waals surface area contributed by atoms with Crippen molar-refractivity contribution < 1.29 is 13.9 Å². The van der Waals surface area contributed by atoms with Gasteiger partial charge in [0.15, 0.2) is 0 Å². The van der Waals surface area contributed by atoms with Crippen LogP contribution in [0.25, 0.3) is 0 Å². The van der Waals surface area contributed by atoms with E-state index in [0.717, 1.165) is 11.4 Å². The average Bonchev–Trinajstić information content (AvgIpc) is 2.14. The Labute approximate surface area is 87.0 Å². The first-order chi connectivity index (χ1) is 6.08. The van der Waals surface area contributed by atoms with Crippen LogP contribution in [0.2, 0.25) is 0 Å². The molecule has 0 heterocycles. The molecule has 0 saturated carbocycles. The molecule has 0 bridgehead atoms. The maximum atomic E-state index is 11.5. The molecule has 0 aromatic rings. The van der Waals surface area contributed by atoms with Gasteiger partial charge in [0.2, 0.25) is 5.91 Å². The minimum Gasteiger partial charge on any atom is -0.309 e. The minimum atomic E-state index is -3.00. The molecular formula is C6H13ClNO3PS. The molecule has 4 nitrogen and oxygen atoms in total. The number of nitrogens with one attached hydrogen (secondary N) is 1. The van der Waals surface area contributed by atoms with Crippen LogP contribution in [-0.2, 0) is 13.9 Å². The quantitative estimate of drug-likeness (QED) is 0.576. The molecular weight excluding hydrogens is 233 g/mol. The zero-order chi connectivity index (χ0) is 10.3. The molecule has 13 heavy (non-hydrogen) atoms. The van der Waals surface area contributed by atoms with E-state index in [4.69, 9.17) is 16.1 Å². The third-order valence-electron chi connectivity index (χ3n) is 1.28. The molecule has 0 spiro atoms. The summed E-state index contributed by atoms with van der Waals surface area (Å²) in [5.41, 5.74) is 0. The van der Waals surface area contributed by atoms with Crippen LogP contribution >= 0.6 is 29.7 Å². The molecule has 0 aliphatic heterocycles. The second-order valence-electron chi connectivity index (χ2n) is 2.19. The third-order valence-corrected chi connectivity index (χ3v) is 5.19. The number of hydrogen-bond acceptors (Lipinski definition) is 4. The van der Waals surface area contributed by atoms with Crippen molar-refractivity contribution in [3.63, 3.8) is 0 Å². The smallest absolute Gasteiger partial charge is 0.309 e. The van der Waals surface area contributed by atoms with Crippen molar-refractivity contribution in [3.05, 3.63) is 0 Å². The van der Waals surface area contributed by atoms with Crippen molar-refractivity contribution in [3.8, 4) is 0 Å². The molecule has 0 aromatic carbocycles. The molecule has 0 rings (SSSR count). The van der Waals surface area contributed by atoms with Crippen molar-refractivity contribution in [2.75, 3.05) is 19.2 Å². The molecule has 0 aliphatic carbocycles. The summed E-state index contributed by atoms with van der Waals surface area (Å²) in [6, 6.07) is 0. The van der Waals surface area contributed by atoms with Crippen LogP contribution in [0.4, 0.5) is 0 Å². The lowest BCUT2D eigenvalue weighted by Gasteiger charge is -2.13. The molecule has 0 saturated heterocycles. The normalized spacial score (nSPS) is 15.0. The van der Waals surface area contributed by atoms with Crippen LogP contribution in [0, 0.1) is 0 Å². The monoisotopic (exact) mass is 245 g/mol. The summed E-state index contributed by atoms with van der Waals surface area (Å²) in [6.45, 7) is -3.00. The maximum Gasteiger partial charge on any atom is 0.352 e. The summed E-state index contributed by atoms with van der Waals surface area (Å²) in [4.78, 5) is 11.1. The number of rotatable bonds is 6. The predicted octanol–water partition coefficient (Wildman–Crippen LogP) is 2.24. The summed E-state index contributed by atoms with van der Waals surface area (Å²) in [5, 5.41) is 2.33. The summed E-state index contributed by atoms with van der Waals surface area (Å²) < 4.78 is 16.2. The zero-order valence-electron chi connectivity index (χ0n) is 7.58. The van der Waals surface area contributed by atoms with Gasteiger partial charge in [-0.2, -0.15) is 0 Å². The first-order valence-corrected chi connectivity index (χ1v) is 7.65. The van der Waals surface area contributed by atoms with Gasteiger partial charge in [-0.1, -0.05) is 11.4 Å². The van der Waals surface area contributed by atoms with E-state index in [0.29, 0.717) is 12.3 Å². The van der Waals surface area contributed by atoms with Crippen molar-refractivity contribution in [1.82, 2.24) is 5.09 Å². The van der Waals surface area contributed by atoms with Gasteiger partial charge in [0.25, 0.3) is 0 Å². The van der Waals surface area contributed by atoms with Gasteiger partial charge >= 0.3 is 6.72 Å². The van der Waals surface area contributed by atoms with Crippen molar-refractivity contribution in [2.24, 2.45) is 0 Å². The Bertz CT molecular complexity index is 206. The Kier molecular flexibility index (Phi) is 6.86. The fourth-order valence-corrected chi connectivity index (χ4v) is 2.51. The van der Waals surface area contributed by atoms with Gasteiger partial charge in [-0.05, 0) is 12.7 Å². The van der Waals surface area contributed by atoms with Crippen molar-refractivity contribution in [1.29, 1.82) is 0 Å². The zero-order valence-corrected chi connectivity index (χ0v) is 10.0. The first-order valence-electron chi connectivity index (χ1n) is 3.66. The van der Waals surface area contributed by atoms with E-state index in [1.54, 1.807) is 6.26 Å². The molecule has 0 fully saturated rings. The van der Waals surface area contributed by atoms with E-state index in [-0.39, 0.29) is 12.3 Å². The summed E-state index contributed by atoms with van der Waals surface area (Å²) >= 11 is 6.40. The highest BCUT2D eigenvalue weighted by Crippen LogP contribution is 2.53. The highest BCUT2D eigenvalue weighted by atomic mass is 35.5. The molecule has 0 aliphatic rings. The number of alkyl halides is 1. The Balaban J connectivity index is 3.95. The lowest BCUT2D eigenvalue weighted by Crippen LogP contribution is -2.19. The van der Waals surface area contributed by atoms with E-state index in [9.17, 15) is 9.36 Å². The summed E-state index contributed by atoms with van der Waals surface area (Å²) in [6.07, 6.45) is 2.47. The van der Waals surface area contributed by atoms with Crippen LogP contribution in [-0.4, -0.2) is 25.2 Å². The van der Waals surface area contributed by atoms with E-state index in [1.807, 2.05) is 0 Å². The van der Waals surface area contributed by atoms with E-state index < -0.39 is 6.72 Å². The Hall–Kier alpha value is 0.300. The largest absolute Gasteiger partial charge is 0.352 e. The number of halogens is 1. The number of carbonyl (C=O) groups excluding carboxylic acids is 1. The topological polar surface area (TPSA) is 55.4 Å². The van der Waals surface area contributed by atoms with E-state index in [1.165, 1.54) is 7.11 Å². The van der Waals surface area contributed by atoms with Gasteiger partial charge in [-0.3, -0.25) is 14.4 Å². The molecule has 1 amide bonds.